The largest absolute Gasteiger partial charge is 0.510 e. The first kappa shape index (κ1) is 29.1. The number of ketones is 2. The smallest absolute Gasteiger partial charge is 0.255 e. The number of aliphatic hydroxyl groups excluding tert-OH is 2. The predicted octanol–water partition coefficient (Wildman–Crippen LogP) is 1.59. The van der Waals surface area contributed by atoms with E-state index in [0.29, 0.717) is 11.5 Å². The molecule has 5 rings (SSSR count). The van der Waals surface area contributed by atoms with Crippen molar-refractivity contribution in [1.82, 2.24) is 9.80 Å². The van der Waals surface area contributed by atoms with Crippen molar-refractivity contribution in [2.45, 2.75) is 50.8 Å². The third-order valence-corrected chi connectivity index (χ3v) is 9.39. The van der Waals surface area contributed by atoms with E-state index in [9.17, 15) is 34.8 Å². The molecule has 4 aliphatic rings. The number of rotatable bonds is 5. The monoisotopic (exact) mass is 568 g/mol. The van der Waals surface area contributed by atoms with Crippen LogP contribution in [0.1, 0.15) is 54.2 Å². The van der Waals surface area contributed by atoms with Crippen LogP contribution in [0.2, 0.25) is 0 Å². The van der Waals surface area contributed by atoms with Gasteiger partial charge in [-0.3, -0.25) is 24.2 Å². The molecule has 0 aromatic heterocycles. The molecule has 1 heterocycles. The van der Waals surface area contributed by atoms with E-state index in [4.69, 9.17) is 5.73 Å². The molecular formula is C30H40N4O7. The number of fused-ring (bicyclic) bond motifs is 5. The summed E-state index contributed by atoms with van der Waals surface area (Å²) in [7, 11) is 7.25. The van der Waals surface area contributed by atoms with Gasteiger partial charge >= 0.3 is 0 Å². The summed E-state index contributed by atoms with van der Waals surface area (Å²) in [6, 6.07) is 0.650. The average Bonchev–Trinajstić information content (AvgIpc) is 2.85. The summed E-state index contributed by atoms with van der Waals surface area (Å²) < 4.78 is 0. The minimum atomic E-state index is -2.64. The van der Waals surface area contributed by atoms with E-state index >= 15 is 0 Å². The first-order chi connectivity index (χ1) is 19.1. The molecule has 0 spiro atoms. The zero-order valence-electron chi connectivity index (χ0n) is 24.4. The first-order valence-electron chi connectivity index (χ1n) is 14.1. The Balaban J connectivity index is 1.69. The van der Waals surface area contributed by atoms with Gasteiger partial charge in [0.1, 0.15) is 22.8 Å². The van der Waals surface area contributed by atoms with Crippen molar-refractivity contribution in [3.05, 3.63) is 45.4 Å². The van der Waals surface area contributed by atoms with Gasteiger partial charge in [0.2, 0.25) is 5.78 Å². The topological polar surface area (TPSA) is 168 Å². The molecular weight excluding hydrogens is 528 g/mol. The highest BCUT2D eigenvalue weighted by atomic mass is 16.3. The van der Waals surface area contributed by atoms with E-state index in [1.54, 1.807) is 25.1 Å². The highest BCUT2D eigenvalue weighted by Gasteiger charge is 2.63. The third-order valence-electron chi connectivity index (χ3n) is 9.39. The van der Waals surface area contributed by atoms with Crippen LogP contribution in [-0.4, -0.2) is 101 Å². The van der Waals surface area contributed by atoms with Crippen molar-refractivity contribution in [3.63, 3.8) is 0 Å². The maximum atomic E-state index is 14.1. The van der Waals surface area contributed by atoms with Crippen molar-refractivity contribution in [1.29, 1.82) is 0 Å². The maximum Gasteiger partial charge on any atom is 0.255 e. The Labute approximate surface area is 239 Å². The molecule has 222 valence electrons. The molecule has 0 bridgehead atoms. The molecule has 1 amide bonds. The van der Waals surface area contributed by atoms with Gasteiger partial charge in [0.05, 0.1) is 11.6 Å². The number of carbonyl (C=O) groups excluding carboxylic acids is 3. The molecule has 11 heteroatoms. The molecule has 0 saturated heterocycles. The van der Waals surface area contributed by atoms with Gasteiger partial charge in [-0.15, -0.1) is 0 Å². The molecule has 41 heavy (non-hydrogen) atoms. The maximum absolute atomic E-state index is 14.1. The van der Waals surface area contributed by atoms with Crippen molar-refractivity contribution in [2.75, 3.05) is 46.2 Å². The lowest BCUT2D eigenvalue weighted by Gasteiger charge is -2.50. The van der Waals surface area contributed by atoms with E-state index in [0.717, 1.165) is 30.8 Å². The van der Waals surface area contributed by atoms with Crippen LogP contribution in [0.4, 0.5) is 5.69 Å². The number of allylic oxidation sites excluding steroid dienone is 1. The number of amides is 1. The van der Waals surface area contributed by atoms with Crippen LogP contribution in [0.15, 0.2) is 28.7 Å². The fraction of sp³-hybridized carbons (Fsp3) is 0.567. The van der Waals surface area contributed by atoms with Gasteiger partial charge in [0.15, 0.2) is 11.4 Å². The Hall–Kier alpha value is -3.41. The van der Waals surface area contributed by atoms with Crippen molar-refractivity contribution < 1.29 is 34.8 Å². The lowest BCUT2D eigenvalue weighted by molar-refractivity contribution is -0.148. The summed E-state index contributed by atoms with van der Waals surface area (Å²) in [5.41, 5.74) is 4.32. The van der Waals surface area contributed by atoms with Gasteiger partial charge in [-0.1, -0.05) is 13.8 Å². The number of phenols is 1. The highest BCUT2D eigenvalue weighted by molar-refractivity contribution is 6.24. The SMILES string of the molecule is CC(C)CN(C)C1CCN(C)c2c1cc(O)c1c2C[C@@H]2C[C@@H]3[C@H](N(C)C)C(O)=C(C(N)=O)C(=O)[C@@]3(O)C(O)=C2C1=O. The van der Waals surface area contributed by atoms with Gasteiger partial charge in [-0.05, 0) is 69.4 Å². The van der Waals surface area contributed by atoms with E-state index in [-0.39, 0.29) is 35.8 Å². The van der Waals surface area contributed by atoms with Crippen LogP contribution >= 0.6 is 0 Å². The van der Waals surface area contributed by atoms with Crippen molar-refractivity contribution >= 4 is 23.2 Å². The van der Waals surface area contributed by atoms with E-state index < -0.39 is 58.0 Å². The van der Waals surface area contributed by atoms with Gasteiger partial charge in [-0.25, -0.2) is 0 Å². The summed E-state index contributed by atoms with van der Waals surface area (Å²) in [5.74, 6) is -6.00. The van der Waals surface area contributed by atoms with Gasteiger partial charge in [0, 0.05) is 43.4 Å². The molecule has 0 saturated carbocycles. The first-order valence-corrected chi connectivity index (χ1v) is 14.1. The van der Waals surface area contributed by atoms with Gasteiger partial charge in [0.25, 0.3) is 5.91 Å². The number of nitrogens with two attached hydrogens (primary N) is 1. The van der Waals surface area contributed by atoms with Crippen LogP contribution in [0.25, 0.3) is 0 Å². The van der Waals surface area contributed by atoms with E-state index in [1.165, 1.54) is 0 Å². The van der Waals surface area contributed by atoms with E-state index in [1.807, 2.05) is 7.05 Å². The van der Waals surface area contributed by atoms with Gasteiger partial charge < -0.3 is 31.1 Å². The molecule has 1 aromatic rings. The Bertz CT molecular complexity index is 1410. The zero-order chi connectivity index (χ0) is 30.3. The van der Waals surface area contributed by atoms with Crippen LogP contribution < -0.4 is 10.6 Å². The number of anilines is 1. The number of hydrogen-bond acceptors (Lipinski definition) is 10. The molecule has 0 fully saturated rings. The number of aliphatic hydroxyl groups is 3. The standard InChI is InChI=1S/C30H40N4O7/c1-13(2)12-34(6)18-7-8-33(5)23-15(18)11-19(35)21-16(23)9-14-10-17-24(32(3)4)26(37)22(29(31)40)28(39)30(17,41)27(38)20(14)25(21)36/h11,13-14,17-18,24,35,37-38,41H,7-10,12H2,1-6H3,(H2,31,40)/t14-,17-,18?,24+,30+/m1/s1. The predicted molar refractivity (Wildman–Crippen MR) is 152 cm³/mol. The summed E-state index contributed by atoms with van der Waals surface area (Å²) in [4.78, 5) is 45.6. The Morgan fingerprint density at radius 1 is 1.20 bits per heavy atom. The highest BCUT2D eigenvalue weighted by Crippen LogP contribution is 2.54. The number of benzene rings is 1. The lowest BCUT2D eigenvalue weighted by Crippen LogP contribution is -2.63. The number of Topliss-reactive ketones (excluding diaryl/α,β-unsaturated/α-hetero) is 2. The number of likely N-dealkylation sites (N-methyl/N-ethyl adjacent to an activating group) is 1. The van der Waals surface area contributed by atoms with Crippen LogP contribution in [0, 0.1) is 17.8 Å². The van der Waals surface area contributed by atoms with Crippen molar-refractivity contribution in [2.24, 2.45) is 23.5 Å². The number of hydrogen-bond donors (Lipinski definition) is 5. The van der Waals surface area contributed by atoms with Crippen LogP contribution in [0.3, 0.4) is 0 Å². The molecule has 6 N–H and O–H groups in total. The summed E-state index contributed by atoms with van der Waals surface area (Å²) in [6.07, 6.45) is 1.19. The second-order valence-electron chi connectivity index (χ2n) is 12.7. The van der Waals surface area contributed by atoms with Gasteiger partial charge in [-0.2, -0.15) is 0 Å². The number of carbonyl (C=O) groups is 3. The second kappa shape index (κ2) is 9.85. The molecule has 11 nitrogen and oxygen atoms in total. The molecule has 5 atom stereocenters. The minimum absolute atomic E-state index is 0.0417. The lowest BCUT2D eigenvalue weighted by atomic mass is 9.58. The number of aromatic hydroxyl groups is 1. The summed E-state index contributed by atoms with van der Waals surface area (Å²) in [5, 5.41) is 45.5. The molecule has 1 unspecified atom stereocenters. The van der Waals surface area contributed by atoms with Crippen molar-refractivity contribution in [3.8, 4) is 5.75 Å². The van der Waals surface area contributed by atoms with Crippen LogP contribution in [-0.2, 0) is 16.0 Å². The normalized spacial score (nSPS) is 29.7. The number of nitrogens with zero attached hydrogens (tertiary/aromatic N) is 3. The summed E-state index contributed by atoms with van der Waals surface area (Å²) >= 11 is 0. The minimum Gasteiger partial charge on any atom is -0.510 e. The molecule has 0 radical (unpaired) electrons. The zero-order valence-corrected chi connectivity index (χ0v) is 24.4. The Morgan fingerprint density at radius 2 is 1.85 bits per heavy atom. The third kappa shape index (κ3) is 4.08. The fourth-order valence-electron chi connectivity index (χ4n) is 7.79. The quantitative estimate of drug-likeness (QED) is 0.329. The van der Waals surface area contributed by atoms with Crippen LogP contribution in [0.5, 0.6) is 5.75 Å². The Morgan fingerprint density at radius 3 is 2.44 bits per heavy atom. The second-order valence-corrected chi connectivity index (χ2v) is 12.7. The molecule has 3 aliphatic carbocycles. The van der Waals surface area contributed by atoms with E-state index in [2.05, 4.69) is 30.7 Å². The number of phenolic OH excluding ortho intramolecular Hbond substituents is 1. The summed E-state index contributed by atoms with van der Waals surface area (Å²) in [6.45, 7) is 5.91. The number of primary amides is 1. The Kier molecular flexibility index (Phi) is 6.99. The molecule has 1 aliphatic heterocycles. The fourth-order valence-corrected chi connectivity index (χ4v) is 7.79. The average molecular weight is 569 g/mol. The molecule has 1 aromatic carbocycles.